The number of para-hydroxylation sites is 2. The lowest BCUT2D eigenvalue weighted by molar-refractivity contribution is -0.125. The Labute approximate surface area is 169 Å². The van der Waals surface area contributed by atoms with E-state index in [0.717, 1.165) is 12.0 Å². The number of hydrogen-bond acceptors (Lipinski definition) is 6. The number of amides is 2. The Morgan fingerprint density at radius 3 is 2.90 bits per heavy atom. The zero-order chi connectivity index (χ0) is 20.6. The first-order valence-electron chi connectivity index (χ1n) is 9.27. The molecule has 1 N–H and O–H groups in total. The van der Waals surface area contributed by atoms with E-state index in [1.54, 1.807) is 43.5 Å². The van der Waals surface area contributed by atoms with Gasteiger partial charge in [-0.15, -0.1) is 0 Å². The van der Waals surface area contributed by atoms with Crippen LogP contribution in [0.1, 0.15) is 18.9 Å². The number of fused-ring (bicyclic) bond motifs is 1. The average molecular weight is 397 g/mol. The number of nitrogens with one attached hydrogen (secondary N) is 1. The van der Waals surface area contributed by atoms with Gasteiger partial charge in [-0.3, -0.25) is 14.5 Å². The summed E-state index contributed by atoms with van der Waals surface area (Å²) < 4.78 is 16.3. The van der Waals surface area contributed by atoms with Crippen LogP contribution in [0.4, 0.5) is 5.69 Å². The number of hydrogen-bond donors (Lipinski definition) is 1. The highest BCUT2D eigenvalue weighted by molar-refractivity contribution is 6.02. The summed E-state index contributed by atoms with van der Waals surface area (Å²) in [4.78, 5) is 25.8. The van der Waals surface area contributed by atoms with Crippen molar-refractivity contribution in [3.8, 4) is 17.2 Å². The Bertz CT molecular complexity index is 913. The summed E-state index contributed by atoms with van der Waals surface area (Å²) >= 11 is 0. The van der Waals surface area contributed by atoms with Crippen LogP contribution in [-0.2, 0) is 9.59 Å². The van der Waals surface area contributed by atoms with E-state index < -0.39 is 5.91 Å². The van der Waals surface area contributed by atoms with Crippen LogP contribution in [0.25, 0.3) is 0 Å². The van der Waals surface area contributed by atoms with Crippen molar-refractivity contribution in [2.75, 3.05) is 31.8 Å². The Morgan fingerprint density at radius 1 is 1.28 bits per heavy atom. The first kappa shape index (κ1) is 20.2. The van der Waals surface area contributed by atoms with Gasteiger partial charge in [0.2, 0.25) is 0 Å². The molecule has 8 nitrogen and oxygen atoms in total. The summed E-state index contributed by atoms with van der Waals surface area (Å²) in [5.41, 5.74) is 3.75. The van der Waals surface area contributed by atoms with Crippen LogP contribution < -0.4 is 24.5 Å². The molecule has 29 heavy (non-hydrogen) atoms. The predicted molar refractivity (Wildman–Crippen MR) is 109 cm³/mol. The molecule has 0 aromatic heterocycles. The fourth-order valence-corrected chi connectivity index (χ4v) is 2.78. The summed E-state index contributed by atoms with van der Waals surface area (Å²) in [6.45, 7) is 2.34. The molecule has 0 radical (unpaired) electrons. The molecule has 2 aromatic rings. The fourth-order valence-electron chi connectivity index (χ4n) is 2.78. The van der Waals surface area contributed by atoms with Crippen LogP contribution in [0.2, 0.25) is 0 Å². The van der Waals surface area contributed by atoms with E-state index in [0.29, 0.717) is 29.5 Å². The highest BCUT2D eigenvalue weighted by Gasteiger charge is 2.26. The van der Waals surface area contributed by atoms with E-state index >= 15 is 0 Å². The molecule has 3 rings (SSSR count). The zero-order valence-electron chi connectivity index (χ0n) is 16.4. The fraction of sp³-hybridized carbons (Fsp3) is 0.286. The van der Waals surface area contributed by atoms with Crippen molar-refractivity contribution in [3.05, 3.63) is 48.0 Å². The van der Waals surface area contributed by atoms with Gasteiger partial charge in [-0.1, -0.05) is 19.1 Å². The molecule has 0 saturated carbocycles. The normalized spacial score (nSPS) is 13.0. The SMILES string of the molecule is CCCOc1cc(/C=N\NC(=O)CN2C(=O)COc3ccccc32)ccc1OC. The lowest BCUT2D eigenvalue weighted by atomic mass is 10.2. The second kappa shape index (κ2) is 9.59. The number of anilines is 1. The minimum absolute atomic E-state index is 0.0973. The summed E-state index contributed by atoms with van der Waals surface area (Å²) in [7, 11) is 1.58. The van der Waals surface area contributed by atoms with Gasteiger partial charge in [0.05, 0.1) is 25.6 Å². The van der Waals surface area contributed by atoms with E-state index in [2.05, 4.69) is 10.5 Å². The van der Waals surface area contributed by atoms with Crippen molar-refractivity contribution >= 4 is 23.7 Å². The smallest absolute Gasteiger partial charge is 0.265 e. The second-order valence-corrected chi connectivity index (χ2v) is 6.29. The van der Waals surface area contributed by atoms with Gasteiger partial charge in [0.25, 0.3) is 11.8 Å². The molecule has 0 unspecified atom stereocenters. The van der Waals surface area contributed by atoms with Crippen LogP contribution in [0.3, 0.4) is 0 Å². The summed E-state index contributed by atoms with van der Waals surface area (Å²) in [6, 6.07) is 12.4. The molecular formula is C21H23N3O5. The molecule has 8 heteroatoms. The number of benzene rings is 2. The molecular weight excluding hydrogens is 374 g/mol. The Morgan fingerprint density at radius 2 is 2.10 bits per heavy atom. The number of methoxy groups -OCH3 is 1. The number of carbonyl (C=O) groups is 2. The van der Waals surface area contributed by atoms with E-state index in [1.165, 1.54) is 11.1 Å². The maximum absolute atomic E-state index is 12.3. The van der Waals surface area contributed by atoms with Gasteiger partial charge in [-0.2, -0.15) is 5.10 Å². The number of rotatable bonds is 8. The lowest BCUT2D eigenvalue weighted by Crippen LogP contribution is -2.44. The predicted octanol–water partition coefficient (Wildman–Crippen LogP) is 2.36. The van der Waals surface area contributed by atoms with E-state index in [9.17, 15) is 9.59 Å². The molecule has 0 bridgehead atoms. The first-order chi connectivity index (χ1) is 14.1. The summed E-state index contributed by atoms with van der Waals surface area (Å²) in [5, 5.41) is 3.97. The standard InChI is InChI=1S/C21H23N3O5/c1-3-10-28-19-11-15(8-9-18(19)27-2)12-22-23-20(25)13-24-16-6-4-5-7-17(16)29-14-21(24)26/h4-9,11-12H,3,10,13-14H2,1-2H3,(H,23,25)/b22-12-. The van der Waals surface area contributed by atoms with Gasteiger partial charge in [0, 0.05) is 0 Å². The van der Waals surface area contributed by atoms with E-state index in [4.69, 9.17) is 14.2 Å². The van der Waals surface area contributed by atoms with Crippen molar-refractivity contribution in [1.29, 1.82) is 0 Å². The van der Waals surface area contributed by atoms with E-state index in [-0.39, 0.29) is 19.1 Å². The van der Waals surface area contributed by atoms with Crippen molar-refractivity contribution in [2.45, 2.75) is 13.3 Å². The van der Waals surface area contributed by atoms with Gasteiger partial charge in [-0.25, -0.2) is 5.43 Å². The molecule has 0 spiro atoms. The Kier molecular flexibility index (Phi) is 6.67. The van der Waals surface area contributed by atoms with Gasteiger partial charge in [0.15, 0.2) is 18.1 Å². The van der Waals surface area contributed by atoms with Gasteiger partial charge < -0.3 is 14.2 Å². The number of nitrogens with zero attached hydrogens (tertiary/aromatic N) is 2. The van der Waals surface area contributed by atoms with Gasteiger partial charge in [0.1, 0.15) is 12.3 Å². The summed E-state index contributed by atoms with van der Waals surface area (Å²) in [6.07, 6.45) is 2.38. The minimum Gasteiger partial charge on any atom is -0.493 e. The third-order valence-corrected chi connectivity index (χ3v) is 4.16. The molecule has 0 aliphatic carbocycles. The molecule has 1 aliphatic heterocycles. The lowest BCUT2D eigenvalue weighted by Gasteiger charge is -2.28. The first-order valence-corrected chi connectivity index (χ1v) is 9.27. The van der Waals surface area contributed by atoms with Gasteiger partial charge in [-0.05, 0) is 42.3 Å². The molecule has 1 heterocycles. The van der Waals surface area contributed by atoms with Crippen LogP contribution in [0.15, 0.2) is 47.6 Å². The molecule has 2 amide bonds. The van der Waals surface area contributed by atoms with Crippen LogP contribution in [-0.4, -0.2) is 44.9 Å². The van der Waals surface area contributed by atoms with Crippen molar-refractivity contribution < 1.29 is 23.8 Å². The van der Waals surface area contributed by atoms with Crippen LogP contribution in [0.5, 0.6) is 17.2 Å². The zero-order valence-corrected chi connectivity index (χ0v) is 16.4. The van der Waals surface area contributed by atoms with Crippen LogP contribution >= 0.6 is 0 Å². The minimum atomic E-state index is -0.415. The highest BCUT2D eigenvalue weighted by atomic mass is 16.5. The third-order valence-electron chi connectivity index (χ3n) is 4.16. The average Bonchev–Trinajstić information content (AvgIpc) is 2.74. The number of hydrazone groups is 1. The van der Waals surface area contributed by atoms with Crippen molar-refractivity contribution in [2.24, 2.45) is 5.10 Å². The highest BCUT2D eigenvalue weighted by Crippen LogP contribution is 2.31. The largest absolute Gasteiger partial charge is 0.493 e. The third kappa shape index (κ3) is 5.04. The van der Waals surface area contributed by atoms with Crippen molar-refractivity contribution in [3.63, 3.8) is 0 Å². The molecule has 1 aliphatic rings. The molecule has 0 fully saturated rings. The van der Waals surface area contributed by atoms with E-state index in [1.807, 2.05) is 13.0 Å². The quantitative estimate of drug-likeness (QED) is 0.546. The number of carbonyl (C=O) groups excluding carboxylic acids is 2. The van der Waals surface area contributed by atoms with Crippen LogP contribution in [0, 0.1) is 0 Å². The molecule has 152 valence electrons. The Hall–Kier alpha value is -3.55. The molecule has 0 saturated heterocycles. The molecule has 0 atom stereocenters. The summed E-state index contributed by atoms with van der Waals surface area (Å²) in [5.74, 6) is 1.11. The maximum Gasteiger partial charge on any atom is 0.265 e. The van der Waals surface area contributed by atoms with Crippen molar-refractivity contribution in [1.82, 2.24) is 5.43 Å². The second-order valence-electron chi connectivity index (χ2n) is 6.29. The monoisotopic (exact) mass is 397 g/mol. The molecule has 2 aromatic carbocycles. The maximum atomic E-state index is 12.3. The van der Waals surface area contributed by atoms with Gasteiger partial charge >= 0.3 is 0 Å². The Balaban J connectivity index is 1.62. The topological polar surface area (TPSA) is 89.5 Å². The number of ether oxygens (including phenoxy) is 3.